The predicted molar refractivity (Wildman–Crippen MR) is 81.8 cm³/mol. The van der Waals surface area contributed by atoms with Gasteiger partial charge in [0.05, 0.1) is 5.69 Å². The predicted octanol–water partition coefficient (Wildman–Crippen LogP) is 1.65. The Morgan fingerprint density at radius 2 is 1.80 bits per heavy atom. The van der Waals surface area contributed by atoms with Crippen molar-refractivity contribution < 1.29 is 4.79 Å². The molecule has 1 fully saturated rings. The molecule has 0 bridgehead atoms. The van der Waals surface area contributed by atoms with Gasteiger partial charge in [-0.15, -0.1) is 0 Å². The number of aromatic nitrogens is 1. The third-order valence-corrected chi connectivity index (χ3v) is 3.80. The Morgan fingerprint density at radius 3 is 2.40 bits per heavy atom. The van der Waals surface area contributed by atoms with E-state index in [1.807, 2.05) is 15.7 Å². The summed E-state index contributed by atoms with van der Waals surface area (Å²) < 4.78 is 1.98. The summed E-state index contributed by atoms with van der Waals surface area (Å²) in [6.07, 6.45) is 4.03. The average molecular weight is 278 g/mol. The SMILES string of the molecule is CCCN1CCN(C(=O)c2cc(N)cn2CCC)CC1. The van der Waals surface area contributed by atoms with E-state index in [-0.39, 0.29) is 5.91 Å². The number of carbonyl (C=O) groups excluding carboxylic acids is 1. The van der Waals surface area contributed by atoms with E-state index in [4.69, 9.17) is 5.73 Å². The van der Waals surface area contributed by atoms with Crippen LogP contribution in [-0.2, 0) is 6.54 Å². The molecule has 2 heterocycles. The second-order valence-electron chi connectivity index (χ2n) is 5.49. The summed E-state index contributed by atoms with van der Waals surface area (Å²) in [6.45, 7) is 9.85. The molecule has 20 heavy (non-hydrogen) atoms. The number of aryl methyl sites for hydroxylation is 1. The Labute approximate surface area is 121 Å². The first-order valence-electron chi connectivity index (χ1n) is 7.63. The molecule has 0 saturated carbocycles. The van der Waals surface area contributed by atoms with Crippen LogP contribution in [0, 0.1) is 0 Å². The van der Waals surface area contributed by atoms with Crippen molar-refractivity contribution in [2.45, 2.75) is 33.2 Å². The Bertz CT molecular complexity index is 447. The van der Waals surface area contributed by atoms with Crippen LogP contribution < -0.4 is 5.73 Å². The molecule has 1 amide bonds. The van der Waals surface area contributed by atoms with Gasteiger partial charge in [-0.05, 0) is 25.5 Å². The van der Waals surface area contributed by atoms with Gasteiger partial charge in [-0.1, -0.05) is 13.8 Å². The maximum Gasteiger partial charge on any atom is 0.270 e. The Morgan fingerprint density at radius 1 is 1.15 bits per heavy atom. The third kappa shape index (κ3) is 3.33. The molecule has 0 atom stereocenters. The van der Waals surface area contributed by atoms with Crippen molar-refractivity contribution in [2.75, 3.05) is 38.5 Å². The summed E-state index contributed by atoms with van der Waals surface area (Å²) >= 11 is 0. The number of amides is 1. The van der Waals surface area contributed by atoms with E-state index in [1.165, 1.54) is 6.42 Å². The average Bonchev–Trinajstić information content (AvgIpc) is 2.81. The monoisotopic (exact) mass is 278 g/mol. The summed E-state index contributed by atoms with van der Waals surface area (Å²) in [5.74, 6) is 0.117. The first-order chi connectivity index (χ1) is 9.65. The number of hydrogen-bond donors (Lipinski definition) is 1. The zero-order chi connectivity index (χ0) is 14.5. The van der Waals surface area contributed by atoms with E-state index in [9.17, 15) is 4.79 Å². The van der Waals surface area contributed by atoms with Crippen LogP contribution in [0.3, 0.4) is 0 Å². The molecule has 5 nitrogen and oxygen atoms in total. The zero-order valence-corrected chi connectivity index (χ0v) is 12.6. The summed E-state index contributed by atoms with van der Waals surface area (Å²) in [7, 11) is 0. The van der Waals surface area contributed by atoms with Gasteiger partial charge in [-0.2, -0.15) is 0 Å². The van der Waals surface area contributed by atoms with Crippen LogP contribution in [0.15, 0.2) is 12.3 Å². The van der Waals surface area contributed by atoms with E-state index >= 15 is 0 Å². The van der Waals surface area contributed by atoms with Crippen LogP contribution in [0.5, 0.6) is 0 Å². The normalized spacial score (nSPS) is 16.6. The van der Waals surface area contributed by atoms with Crippen LogP contribution in [-0.4, -0.2) is 53.0 Å². The molecule has 1 aromatic rings. The van der Waals surface area contributed by atoms with Crippen molar-refractivity contribution in [2.24, 2.45) is 0 Å². The van der Waals surface area contributed by atoms with E-state index in [2.05, 4.69) is 18.7 Å². The highest BCUT2D eigenvalue weighted by molar-refractivity contribution is 5.94. The van der Waals surface area contributed by atoms with Gasteiger partial charge < -0.3 is 15.2 Å². The van der Waals surface area contributed by atoms with Crippen LogP contribution >= 0.6 is 0 Å². The van der Waals surface area contributed by atoms with Crippen molar-refractivity contribution in [1.82, 2.24) is 14.4 Å². The number of nitrogens with zero attached hydrogens (tertiary/aromatic N) is 3. The molecule has 1 aliphatic rings. The molecule has 0 spiro atoms. The molecule has 5 heteroatoms. The largest absolute Gasteiger partial charge is 0.397 e. The number of piperazine rings is 1. The van der Waals surface area contributed by atoms with Crippen LogP contribution in [0.2, 0.25) is 0 Å². The van der Waals surface area contributed by atoms with Gasteiger partial charge in [0, 0.05) is 38.9 Å². The maximum atomic E-state index is 12.6. The van der Waals surface area contributed by atoms with Crippen molar-refractivity contribution in [3.05, 3.63) is 18.0 Å². The van der Waals surface area contributed by atoms with Crippen LogP contribution in [0.4, 0.5) is 5.69 Å². The van der Waals surface area contributed by atoms with Crippen LogP contribution in [0.25, 0.3) is 0 Å². The van der Waals surface area contributed by atoms with Gasteiger partial charge in [-0.25, -0.2) is 0 Å². The zero-order valence-electron chi connectivity index (χ0n) is 12.6. The smallest absolute Gasteiger partial charge is 0.270 e. The Hall–Kier alpha value is -1.49. The quantitative estimate of drug-likeness (QED) is 0.891. The van der Waals surface area contributed by atoms with E-state index < -0.39 is 0 Å². The van der Waals surface area contributed by atoms with Crippen molar-refractivity contribution in [3.63, 3.8) is 0 Å². The van der Waals surface area contributed by atoms with E-state index in [1.54, 1.807) is 6.07 Å². The highest BCUT2D eigenvalue weighted by Crippen LogP contribution is 2.15. The molecular formula is C15H26N4O. The number of rotatable bonds is 5. The number of nitrogen functional groups attached to an aromatic ring is 1. The van der Waals surface area contributed by atoms with Gasteiger partial charge in [0.15, 0.2) is 0 Å². The molecule has 1 aliphatic heterocycles. The van der Waals surface area contributed by atoms with Crippen molar-refractivity contribution in [3.8, 4) is 0 Å². The summed E-state index contributed by atoms with van der Waals surface area (Å²) in [5, 5.41) is 0. The molecule has 1 saturated heterocycles. The fraction of sp³-hybridized carbons (Fsp3) is 0.667. The van der Waals surface area contributed by atoms with E-state index in [0.717, 1.165) is 51.4 Å². The highest BCUT2D eigenvalue weighted by atomic mass is 16.2. The number of nitrogens with two attached hydrogens (primary N) is 1. The molecule has 2 rings (SSSR count). The lowest BCUT2D eigenvalue weighted by atomic mass is 10.2. The minimum atomic E-state index is 0.117. The number of carbonyl (C=O) groups is 1. The van der Waals surface area contributed by atoms with Crippen molar-refractivity contribution >= 4 is 11.6 Å². The maximum absolute atomic E-state index is 12.6. The molecule has 1 aromatic heterocycles. The molecular weight excluding hydrogens is 252 g/mol. The lowest BCUT2D eigenvalue weighted by Crippen LogP contribution is -2.49. The Kier molecular flexibility index (Phi) is 5.06. The minimum absolute atomic E-state index is 0.117. The van der Waals surface area contributed by atoms with E-state index in [0.29, 0.717) is 5.69 Å². The molecule has 0 aromatic carbocycles. The molecule has 2 N–H and O–H groups in total. The fourth-order valence-corrected chi connectivity index (χ4v) is 2.79. The lowest BCUT2D eigenvalue weighted by molar-refractivity contribution is 0.0627. The molecule has 112 valence electrons. The fourth-order valence-electron chi connectivity index (χ4n) is 2.79. The summed E-state index contributed by atoms with van der Waals surface area (Å²) in [5.41, 5.74) is 7.24. The Balaban J connectivity index is 2.01. The van der Waals surface area contributed by atoms with Gasteiger partial charge in [0.2, 0.25) is 0 Å². The first kappa shape index (κ1) is 14.9. The lowest BCUT2D eigenvalue weighted by Gasteiger charge is -2.34. The van der Waals surface area contributed by atoms with Gasteiger partial charge >= 0.3 is 0 Å². The molecule has 0 unspecified atom stereocenters. The van der Waals surface area contributed by atoms with Gasteiger partial charge in [0.1, 0.15) is 5.69 Å². The first-order valence-corrected chi connectivity index (χ1v) is 7.63. The summed E-state index contributed by atoms with van der Waals surface area (Å²) in [6, 6.07) is 1.80. The van der Waals surface area contributed by atoms with Crippen molar-refractivity contribution in [1.29, 1.82) is 0 Å². The minimum Gasteiger partial charge on any atom is -0.397 e. The van der Waals surface area contributed by atoms with Crippen LogP contribution in [0.1, 0.15) is 37.2 Å². The third-order valence-electron chi connectivity index (χ3n) is 3.80. The number of anilines is 1. The second-order valence-corrected chi connectivity index (χ2v) is 5.49. The second kappa shape index (κ2) is 6.79. The standard InChI is InChI=1S/C15H26N4O/c1-3-5-17-7-9-18(10-8-17)15(20)14-11-13(16)12-19(14)6-4-2/h11-12H,3-10,16H2,1-2H3. The topological polar surface area (TPSA) is 54.5 Å². The number of hydrogen-bond acceptors (Lipinski definition) is 3. The molecule has 0 radical (unpaired) electrons. The van der Waals surface area contributed by atoms with Gasteiger partial charge in [-0.3, -0.25) is 9.69 Å². The molecule has 0 aliphatic carbocycles. The summed E-state index contributed by atoms with van der Waals surface area (Å²) in [4.78, 5) is 17.0. The van der Waals surface area contributed by atoms with Gasteiger partial charge in [0.25, 0.3) is 5.91 Å². The highest BCUT2D eigenvalue weighted by Gasteiger charge is 2.23.